The number of benzene rings is 2. The van der Waals surface area contributed by atoms with E-state index in [-0.39, 0.29) is 42.4 Å². The van der Waals surface area contributed by atoms with Gasteiger partial charge in [-0.1, -0.05) is 12.1 Å². The molecule has 1 saturated carbocycles. The summed E-state index contributed by atoms with van der Waals surface area (Å²) in [6, 6.07) is 13.5. The van der Waals surface area contributed by atoms with Crippen LogP contribution in [0, 0.1) is 17.2 Å². The summed E-state index contributed by atoms with van der Waals surface area (Å²) in [7, 11) is 6.93. The van der Waals surface area contributed by atoms with Crippen molar-refractivity contribution in [1.82, 2.24) is 40.6 Å². The summed E-state index contributed by atoms with van der Waals surface area (Å²) >= 11 is 0. The molecule has 12 heteroatoms. The van der Waals surface area contributed by atoms with E-state index in [4.69, 9.17) is 0 Å². The van der Waals surface area contributed by atoms with Gasteiger partial charge in [0, 0.05) is 51.4 Å². The number of aryl methyl sites for hydroxylation is 2. The minimum atomic E-state index is -0.885. The number of aromatic amines is 1. The van der Waals surface area contributed by atoms with E-state index >= 15 is 0 Å². The summed E-state index contributed by atoms with van der Waals surface area (Å²) in [5, 5.41) is 28.5. The van der Waals surface area contributed by atoms with Gasteiger partial charge in [0.1, 0.15) is 6.04 Å². The molecule has 2 aromatic carbocycles. The summed E-state index contributed by atoms with van der Waals surface area (Å²) in [4.78, 5) is 44.2. The Morgan fingerprint density at radius 3 is 2.13 bits per heavy atom. The zero-order valence-corrected chi connectivity index (χ0v) is 26.4. The number of tetrazole rings is 1. The molecule has 2 fully saturated rings. The van der Waals surface area contributed by atoms with Crippen LogP contribution in [0.3, 0.4) is 0 Å². The van der Waals surface area contributed by atoms with Crippen LogP contribution in [-0.4, -0.2) is 106 Å². The number of nitriles is 1. The number of fused-ring (bicyclic) bond motifs is 3. The van der Waals surface area contributed by atoms with Gasteiger partial charge in [-0.05, 0) is 102 Å². The zero-order valence-electron chi connectivity index (χ0n) is 26.4. The molecule has 6 rings (SSSR count). The van der Waals surface area contributed by atoms with Crippen LogP contribution in [0.2, 0.25) is 0 Å². The van der Waals surface area contributed by atoms with Crippen molar-refractivity contribution in [3.05, 3.63) is 75.6 Å². The Morgan fingerprint density at radius 2 is 1.62 bits per heavy atom. The van der Waals surface area contributed by atoms with Gasteiger partial charge >= 0.3 is 0 Å². The second kappa shape index (κ2) is 11.7. The van der Waals surface area contributed by atoms with Gasteiger partial charge in [-0.15, -0.1) is 5.10 Å². The van der Waals surface area contributed by atoms with Crippen molar-refractivity contribution in [3.8, 4) is 6.07 Å². The number of carbonyl (C=O) groups excluding carboxylic acids is 3. The number of nitrogens with zero attached hydrogens (tertiary/aromatic N) is 7. The number of piperidine rings is 1. The molecule has 45 heavy (non-hydrogen) atoms. The molecule has 234 valence electrons. The van der Waals surface area contributed by atoms with Crippen molar-refractivity contribution < 1.29 is 14.4 Å². The largest absolute Gasteiger partial charge is 0.345 e. The monoisotopic (exact) mass is 609 g/mol. The minimum Gasteiger partial charge on any atom is -0.345 e. The van der Waals surface area contributed by atoms with Crippen molar-refractivity contribution in [2.24, 2.45) is 5.92 Å². The van der Waals surface area contributed by atoms with Crippen LogP contribution in [-0.2, 0) is 23.1 Å². The van der Waals surface area contributed by atoms with Crippen molar-refractivity contribution in [2.45, 2.75) is 62.6 Å². The van der Waals surface area contributed by atoms with E-state index in [1.165, 1.54) is 0 Å². The fourth-order valence-electron chi connectivity index (χ4n) is 7.36. The highest BCUT2D eigenvalue weighted by Gasteiger charge is 2.54. The molecule has 1 unspecified atom stereocenters. The van der Waals surface area contributed by atoms with Gasteiger partial charge < -0.3 is 20.0 Å². The van der Waals surface area contributed by atoms with Crippen LogP contribution in [0.1, 0.15) is 75.0 Å². The summed E-state index contributed by atoms with van der Waals surface area (Å²) in [5.41, 5.74) is 4.21. The molecule has 3 aliphatic rings. The Kier molecular flexibility index (Phi) is 7.91. The van der Waals surface area contributed by atoms with E-state index in [2.05, 4.69) is 32.0 Å². The predicted molar refractivity (Wildman–Crippen MR) is 165 cm³/mol. The van der Waals surface area contributed by atoms with Crippen LogP contribution < -0.4 is 5.32 Å². The molecule has 1 aliphatic heterocycles. The van der Waals surface area contributed by atoms with Gasteiger partial charge in [0.15, 0.2) is 5.82 Å². The molecule has 2 aliphatic carbocycles. The Labute approximate surface area is 262 Å². The molecule has 3 amide bonds. The highest BCUT2D eigenvalue weighted by molar-refractivity contribution is 5.95. The normalized spacial score (nSPS) is 21.4. The molecular weight excluding hydrogens is 570 g/mol. The molecule has 1 saturated heterocycles. The first-order chi connectivity index (χ1) is 21.5. The molecule has 3 aromatic rings. The Balaban J connectivity index is 1.42. The van der Waals surface area contributed by atoms with Gasteiger partial charge in [0.2, 0.25) is 5.91 Å². The lowest BCUT2D eigenvalue weighted by Gasteiger charge is -2.37. The first kappa shape index (κ1) is 30.4. The number of rotatable bonds is 8. The maximum absolute atomic E-state index is 13.3. The summed E-state index contributed by atoms with van der Waals surface area (Å²) in [6.07, 6.45) is 3.51. The van der Waals surface area contributed by atoms with Gasteiger partial charge in [-0.3, -0.25) is 14.4 Å². The van der Waals surface area contributed by atoms with Crippen molar-refractivity contribution in [3.63, 3.8) is 0 Å². The predicted octanol–water partition coefficient (Wildman–Crippen LogP) is 1.92. The van der Waals surface area contributed by atoms with E-state index in [1.807, 2.05) is 43.3 Å². The van der Waals surface area contributed by atoms with Gasteiger partial charge in [0.05, 0.1) is 18.0 Å². The second-order valence-electron chi connectivity index (χ2n) is 13.0. The molecule has 12 nitrogen and oxygen atoms in total. The van der Waals surface area contributed by atoms with Crippen LogP contribution in [0.5, 0.6) is 0 Å². The smallest absolute Gasteiger partial charge is 0.253 e. The number of amides is 3. The molecule has 2 heterocycles. The standard InChI is InChI=1S/C33H39N9O3/c1-19(35-18-29(43)42-25(17-34)14-24-15-28(24)42)16-33(32-36-38-39-37-32)26-10-8-22(30(44)40(2)3)12-20(26)6-7-21-13-23(9-11-27(21)33)31(45)41(4)5/h8-13,19,24-25,28,35H,6-7,14-16,18H2,1-5H3,(H,36,37,38,39)/t19-,24-,25?,28+/m1/s1. The Bertz CT molecular complexity index is 1610. The summed E-state index contributed by atoms with van der Waals surface area (Å²) in [5.74, 6) is 0.749. The quantitative estimate of drug-likeness (QED) is 0.393. The average molecular weight is 610 g/mol. The number of likely N-dealkylation sites (tertiary alicyclic amines) is 1. The number of aromatic nitrogens is 4. The van der Waals surface area contributed by atoms with Crippen molar-refractivity contribution in [2.75, 3.05) is 34.7 Å². The highest BCUT2D eigenvalue weighted by atomic mass is 16.2. The van der Waals surface area contributed by atoms with Crippen LogP contribution in [0.15, 0.2) is 36.4 Å². The lowest BCUT2D eigenvalue weighted by Crippen LogP contribution is -2.46. The minimum absolute atomic E-state index is 0.0610. The molecule has 1 aromatic heterocycles. The first-order valence-electron chi connectivity index (χ1n) is 15.4. The van der Waals surface area contributed by atoms with E-state index in [9.17, 15) is 19.6 Å². The number of nitrogens with one attached hydrogen (secondary N) is 2. The lowest BCUT2D eigenvalue weighted by molar-refractivity contribution is -0.131. The second-order valence-corrected chi connectivity index (χ2v) is 13.0. The van der Waals surface area contributed by atoms with Gasteiger partial charge in [-0.25, -0.2) is 5.10 Å². The zero-order chi connectivity index (χ0) is 32.0. The van der Waals surface area contributed by atoms with E-state index in [0.29, 0.717) is 42.1 Å². The van der Waals surface area contributed by atoms with Crippen LogP contribution >= 0.6 is 0 Å². The van der Waals surface area contributed by atoms with Crippen LogP contribution in [0.4, 0.5) is 0 Å². The van der Waals surface area contributed by atoms with E-state index in [0.717, 1.165) is 35.1 Å². The lowest BCUT2D eigenvalue weighted by atomic mass is 9.67. The third-order valence-corrected chi connectivity index (χ3v) is 9.61. The van der Waals surface area contributed by atoms with E-state index < -0.39 is 5.41 Å². The Hall–Kier alpha value is -4.63. The van der Waals surface area contributed by atoms with Crippen LogP contribution in [0.25, 0.3) is 0 Å². The fourth-order valence-corrected chi connectivity index (χ4v) is 7.36. The number of H-pyrrole nitrogens is 1. The SMILES string of the molecule is C[C@H](CC1(c2nnn[nH]2)c2ccc(C(=O)N(C)C)cc2CCc2cc(C(=O)N(C)C)ccc21)NCC(=O)N1C(C#N)C[C@@H]2C[C@@H]21. The van der Waals surface area contributed by atoms with Gasteiger partial charge in [-0.2, -0.15) is 5.26 Å². The third kappa shape index (κ3) is 5.35. The number of hydrogen-bond donors (Lipinski definition) is 2. The molecular formula is C33H39N9O3. The molecule has 2 N–H and O–H groups in total. The van der Waals surface area contributed by atoms with Crippen molar-refractivity contribution in [1.29, 1.82) is 5.26 Å². The highest BCUT2D eigenvalue weighted by Crippen LogP contribution is 2.48. The maximum Gasteiger partial charge on any atom is 0.253 e. The number of carbonyl (C=O) groups is 3. The molecule has 0 radical (unpaired) electrons. The summed E-state index contributed by atoms with van der Waals surface area (Å²) in [6.45, 7) is 2.14. The molecule has 0 spiro atoms. The first-order valence-corrected chi connectivity index (χ1v) is 15.4. The molecule has 4 atom stereocenters. The topological polar surface area (TPSA) is 151 Å². The fraction of sp³-hybridized carbons (Fsp3) is 0.485. The number of hydrogen-bond acceptors (Lipinski definition) is 8. The molecule has 0 bridgehead atoms. The average Bonchev–Trinajstić information content (AvgIpc) is 3.42. The van der Waals surface area contributed by atoms with Crippen molar-refractivity contribution >= 4 is 17.7 Å². The summed E-state index contributed by atoms with van der Waals surface area (Å²) < 4.78 is 0. The Morgan fingerprint density at radius 1 is 1.02 bits per heavy atom. The third-order valence-electron chi connectivity index (χ3n) is 9.61. The van der Waals surface area contributed by atoms with Gasteiger partial charge in [0.25, 0.3) is 11.8 Å². The van der Waals surface area contributed by atoms with E-state index in [1.54, 1.807) is 42.9 Å². The maximum atomic E-state index is 13.3.